The predicted molar refractivity (Wildman–Crippen MR) is 92.5 cm³/mol. The van der Waals surface area contributed by atoms with Gasteiger partial charge in [-0.1, -0.05) is 32.1 Å². The van der Waals surface area contributed by atoms with Crippen LogP contribution in [0.5, 0.6) is 0 Å². The molecule has 1 aliphatic carbocycles. The number of nitrogens with one attached hydrogen (secondary N) is 1. The van der Waals surface area contributed by atoms with Crippen molar-refractivity contribution in [2.75, 3.05) is 13.1 Å². The number of amides is 2. The molecule has 7 heteroatoms. The highest BCUT2D eigenvalue weighted by atomic mass is 19.4. The number of hydrogen-bond acceptors (Lipinski definition) is 2. The summed E-state index contributed by atoms with van der Waals surface area (Å²) in [4.78, 5) is 18.0. The van der Waals surface area contributed by atoms with Crippen molar-refractivity contribution in [3.8, 4) is 0 Å². The van der Waals surface area contributed by atoms with Gasteiger partial charge in [0.25, 0.3) is 0 Å². The number of likely N-dealkylation sites (tertiary alicyclic amines) is 1. The van der Waals surface area contributed by atoms with Crippen molar-refractivity contribution in [3.05, 3.63) is 41.7 Å². The molecule has 1 aliphatic heterocycles. The molecule has 3 rings (SSSR count). The van der Waals surface area contributed by atoms with E-state index in [4.69, 9.17) is 0 Å². The lowest BCUT2D eigenvalue weighted by Gasteiger charge is -2.58. The van der Waals surface area contributed by atoms with Crippen molar-refractivity contribution in [1.82, 2.24) is 15.2 Å². The third-order valence-electron chi connectivity index (χ3n) is 5.31. The lowest BCUT2D eigenvalue weighted by atomic mass is 9.65. The Hall–Kier alpha value is -2.05. The van der Waals surface area contributed by atoms with E-state index in [2.05, 4.69) is 36.3 Å². The maximum atomic E-state index is 12.7. The van der Waals surface area contributed by atoms with Crippen molar-refractivity contribution < 1.29 is 18.0 Å². The molecule has 2 amide bonds. The van der Waals surface area contributed by atoms with E-state index in [0.717, 1.165) is 25.5 Å². The van der Waals surface area contributed by atoms with Gasteiger partial charge in [0.2, 0.25) is 0 Å². The summed E-state index contributed by atoms with van der Waals surface area (Å²) in [5, 5.41) is 2.83. The topological polar surface area (TPSA) is 45.2 Å². The Morgan fingerprint density at radius 1 is 1.35 bits per heavy atom. The van der Waals surface area contributed by atoms with E-state index in [-0.39, 0.29) is 30.5 Å². The fourth-order valence-electron chi connectivity index (χ4n) is 4.28. The van der Waals surface area contributed by atoms with Crippen LogP contribution in [0.4, 0.5) is 18.0 Å². The van der Waals surface area contributed by atoms with Crippen LogP contribution in [0.15, 0.2) is 30.4 Å². The van der Waals surface area contributed by atoms with Gasteiger partial charge in [-0.3, -0.25) is 0 Å². The lowest BCUT2D eigenvalue weighted by Crippen LogP contribution is -2.69. The second kappa shape index (κ2) is 6.93. The molecule has 1 fully saturated rings. The van der Waals surface area contributed by atoms with E-state index >= 15 is 0 Å². The van der Waals surface area contributed by atoms with Crippen LogP contribution in [0.3, 0.4) is 0 Å². The second-order valence-electron chi connectivity index (χ2n) is 7.55. The van der Waals surface area contributed by atoms with Gasteiger partial charge in [-0.15, -0.1) is 0 Å². The van der Waals surface area contributed by atoms with Crippen LogP contribution in [-0.2, 0) is 12.6 Å². The molecular formula is C19H24F3N3O. The van der Waals surface area contributed by atoms with Crippen LogP contribution in [0.1, 0.15) is 38.1 Å². The number of pyridine rings is 1. The number of rotatable bonds is 4. The maximum Gasteiger partial charge on any atom is 0.433 e. The predicted octanol–water partition coefficient (Wildman–Crippen LogP) is 4.03. The van der Waals surface area contributed by atoms with Crippen molar-refractivity contribution in [3.63, 3.8) is 0 Å². The summed E-state index contributed by atoms with van der Waals surface area (Å²) >= 11 is 0. The number of hydrogen-bond donors (Lipinski definition) is 1. The Kier molecular flexibility index (Phi) is 4.99. The zero-order chi connectivity index (χ0) is 18.9. The van der Waals surface area contributed by atoms with Gasteiger partial charge in [-0.2, -0.15) is 13.2 Å². The molecule has 1 atom stereocenters. The molecule has 1 aromatic heterocycles. The highest BCUT2D eigenvalue weighted by molar-refractivity contribution is 5.76. The third-order valence-corrected chi connectivity index (χ3v) is 5.31. The minimum Gasteiger partial charge on any atom is -0.338 e. The van der Waals surface area contributed by atoms with Gasteiger partial charge in [0, 0.05) is 36.7 Å². The lowest BCUT2D eigenvalue weighted by molar-refractivity contribution is -0.141. The fourth-order valence-corrected chi connectivity index (χ4v) is 4.28. The molecule has 0 radical (unpaired) electrons. The Bertz CT molecular complexity index is 692. The standard InChI is InChI=1S/C19H24F3N3O/c1-13(2)16-18(9-3-4-10-18)12-25(16)17(26)23-11-8-14-6-5-7-15(24-14)19(20,21)22/h3-7,13,16H,8-12H2,1-2H3,(H,23,26). The summed E-state index contributed by atoms with van der Waals surface area (Å²) < 4.78 is 38.1. The van der Waals surface area contributed by atoms with E-state index in [1.807, 2.05) is 4.90 Å². The van der Waals surface area contributed by atoms with Crippen LogP contribution >= 0.6 is 0 Å². The Morgan fingerprint density at radius 3 is 2.65 bits per heavy atom. The maximum absolute atomic E-state index is 12.7. The minimum atomic E-state index is -4.45. The van der Waals surface area contributed by atoms with E-state index in [1.54, 1.807) is 6.07 Å². The molecule has 1 N–H and O–H groups in total. The summed E-state index contributed by atoms with van der Waals surface area (Å²) in [5.74, 6) is 0.361. The van der Waals surface area contributed by atoms with Crippen LogP contribution in [0.25, 0.3) is 0 Å². The molecule has 0 bridgehead atoms. The number of halogens is 3. The SMILES string of the molecule is CC(C)C1N(C(=O)NCCc2cccc(C(F)(F)F)n2)CC12CC=CC2. The summed E-state index contributed by atoms with van der Waals surface area (Å²) in [7, 11) is 0. The van der Waals surface area contributed by atoms with Crippen molar-refractivity contribution in [1.29, 1.82) is 0 Å². The number of allylic oxidation sites excluding steroid dienone is 2. The Balaban J connectivity index is 1.53. The zero-order valence-electron chi connectivity index (χ0n) is 15.0. The molecule has 1 aromatic rings. The Labute approximate surface area is 151 Å². The van der Waals surface area contributed by atoms with Crippen LogP contribution in [-0.4, -0.2) is 35.0 Å². The third kappa shape index (κ3) is 3.57. The van der Waals surface area contributed by atoms with Gasteiger partial charge in [-0.25, -0.2) is 9.78 Å². The van der Waals surface area contributed by atoms with E-state index in [0.29, 0.717) is 11.6 Å². The first-order valence-corrected chi connectivity index (χ1v) is 8.95. The number of carbonyl (C=O) groups excluding carboxylic acids is 1. The molecule has 26 heavy (non-hydrogen) atoms. The smallest absolute Gasteiger partial charge is 0.338 e. The number of nitrogens with zero attached hydrogens (tertiary/aromatic N) is 2. The Morgan fingerprint density at radius 2 is 2.04 bits per heavy atom. The average molecular weight is 367 g/mol. The molecular weight excluding hydrogens is 343 g/mol. The number of alkyl halides is 3. The quantitative estimate of drug-likeness (QED) is 0.817. The molecule has 0 aromatic carbocycles. The molecule has 4 nitrogen and oxygen atoms in total. The monoisotopic (exact) mass is 367 g/mol. The second-order valence-corrected chi connectivity index (χ2v) is 7.55. The van der Waals surface area contributed by atoms with Gasteiger partial charge in [0.15, 0.2) is 0 Å². The first-order chi connectivity index (χ1) is 12.2. The zero-order valence-corrected chi connectivity index (χ0v) is 15.0. The highest BCUT2D eigenvalue weighted by Gasteiger charge is 2.55. The van der Waals surface area contributed by atoms with Crippen LogP contribution in [0.2, 0.25) is 0 Å². The minimum absolute atomic E-state index is 0.145. The normalized spacial score (nSPS) is 21.3. The van der Waals surface area contributed by atoms with Gasteiger partial charge in [0.05, 0.1) is 0 Å². The number of carbonyl (C=O) groups is 1. The summed E-state index contributed by atoms with van der Waals surface area (Å²) in [6.07, 6.45) is 2.20. The van der Waals surface area contributed by atoms with Gasteiger partial charge in [-0.05, 0) is 30.9 Å². The number of aromatic nitrogens is 1. The molecule has 2 heterocycles. The summed E-state index contributed by atoms with van der Waals surface area (Å²) in [6, 6.07) is 3.89. The fraction of sp³-hybridized carbons (Fsp3) is 0.579. The summed E-state index contributed by atoms with van der Waals surface area (Å²) in [5.41, 5.74) is -0.408. The molecule has 1 saturated heterocycles. The van der Waals surface area contributed by atoms with E-state index < -0.39 is 11.9 Å². The molecule has 142 valence electrons. The van der Waals surface area contributed by atoms with Crippen molar-refractivity contribution >= 4 is 6.03 Å². The summed E-state index contributed by atoms with van der Waals surface area (Å²) in [6.45, 7) is 5.24. The van der Waals surface area contributed by atoms with Crippen molar-refractivity contribution in [2.24, 2.45) is 11.3 Å². The van der Waals surface area contributed by atoms with Crippen LogP contribution in [0, 0.1) is 11.3 Å². The van der Waals surface area contributed by atoms with Gasteiger partial charge < -0.3 is 10.2 Å². The largest absolute Gasteiger partial charge is 0.433 e. The molecule has 1 unspecified atom stereocenters. The van der Waals surface area contributed by atoms with Gasteiger partial charge in [0.1, 0.15) is 5.69 Å². The van der Waals surface area contributed by atoms with E-state index in [9.17, 15) is 18.0 Å². The molecule has 0 saturated carbocycles. The first-order valence-electron chi connectivity index (χ1n) is 8.95. The van der Waals surface area contributed by atoms with Gasteiger partial charge >= 0.3 is 12.2 Å². The first kappa shape index (κ1) is 18.7. The van der Waals surface area contributed by atoms with Crippen molar-refractivity contribution in [2.45, 2.75) is 45.3 Å². The highest BCUT2D eigenvalue weighted by Crippen LogP contribution is 2.50. The average Bonchev–Trinajstić information content (AvgIpc) is 3.03. The number of urea groups is 1. The molecule has 2 aliphatic rings. The molecule has 1 spiro atoms. The van der Waals surface area contributed by atoms with E-state index in [1.165, 1.54) is 6.07 Å². The van der Waals surface area contributed by atoms with Crippen LogP contribution < -0.4 is 5.32 Å².